The van der Waals surface area contributed by atoms with Crippen LogP contribution in [0.4, 0.5) is 0 Å². The van der Waals surface area contributed by atoms with E-state index in [2.05, 4.69) is 50.9 Å². The lowest BCUT2D eigenvalue weighted by atomic mass is 9.93. The van der Waals surface area contributed by atoms with Gasteiger partial charge in [0.15, 0.2) is 0 Å². The molecule has 0 unspecified atom stereocenters. The molecule has 1 aliphatic rings. The van der Waals surface area contributed by atoms with Crippen molar-refractivity contribution in [3.05, 3.63) is 54.2 Å². The minimum atomic E-state index is 0.669. The van der Waals surface area contributed by atoms with Gasteiger partial charge in [0.2, 0.25) is 0 Å². The van der Waals surface area contributed by atoms with Crippen molar-refractivity contribution in [2.45, 2.75) is 12.5 Å². The van der Waals surface area contributed by atoms with E-state index in [9.17, 15) is 0 Å². The lowest BCUT2D eigenvalue weighted by Gasteiger charge is -2.26. The topological polar surface area (TPSA) is 34.8 Å². The molecule has 0 saturated carbocycles. The smallest absolute Gasteiger partial charge is 0.0949 e. The Morgan fingerprint density at radius 2 is 2.25 bits per heavy atom. The number of hydrogen-bond donors (Lipinski definition) is 1. The lowest BCUT2D eigenvalue weighted by molar-refractivity contribution is 0.450. The molecule has 1 aromatic carbocycles. The van der Waals surface area contributed by atoms with Crippen LogP contribution in [-0.2, 0) is 13.6 Å². The highest BCUT2D eigenvalue weighted by Crippen LogP contribution is 2.30. The Labute approximate surface area is 118 Å². The fourth-order valence-electron chi connectivity index (χ4n) is 2.99. The highest BCUT2D eigenvalue weighted by Gasteiger charge is 2.22. The average Bonchev–Trinajstić information content (AvgIpc) is 2.98. The van der Waals surface area contributed by atoms with Crippen LogP contribution in [0.5, 0.6) is 0 Å². The third-order valence-electron chi connectivity index (χ3n) is 4.23. The van der Waals surface area contributed by atoms with Crippen molar-refractivity contribution < 1.29 is 0 Å². The summed E-state index contributed by atoms with van der Waals surface area (Å²) in [5.74, 6) is 0.669. The van der Waals surface area contributed by atoms with E-state index in [0.717, 1.165) is 19.6 Å². The zero-order chi connectivity index (χ0) is 13.5. The Morgan fingerprint density at radius 3 is 2.95 bits per heavy atom. The number of aromatic nitrogens is 3. The van der Waals surface area contributed by atoms with Crippen molar-refractivity contribution in [2.24, 2.45) is 7.05 Å². The van der Waals surface area contributed by atoms with Crippen LogP contribution in [-0.4, -0.2) is 27.2 Å². The summed E-state index contributed by atoms with van der Waals surface area (Å²) in [6.07, 6.45) is 7.99. The molecule has 3 aromatic rings. The Kier molecular flexibility index (Phi) is 2.63. The normalized spacial score (nSPS) is 15.7. The number of imidazole rings is 1. The van der Waals surface area contributed by atoms with Crippen molar-refractivity contribution in [3.63, 3.8) is 0 Å². The van der Waals surface area contributed by atoms with Crippen molar-refractivity contribution in [3.8, 4) is 0 Å². The Bertz CT molecular complexity index is 735. The van der Waals surface area contributed by atoms with Crippen LogP contribution >= 0.6 is 0 Å². The number of aryl methyl sites for hydroxylation is 1. The number of nitrogens with one attached hydrogen (secondary N) is 1. The van der Waals surface area contributed by atoms with Gasteiger partial charge in [-0.2, -0.15) is 0 Å². The fourth-order valence-corrected chi connectivity index (χ4v) is 2.99. The summed E-state index contributed by atoms with van der Waals surface area (Å²) in [7, 11) is 2.13. The van der Waals surface area contributed by atoms with Gasteiger partial charge in [-0.15, -0.1) is 0 Å². The van der Waals surface area contributed by atoms with E-state index in [1.165, 1.54) is 22.0 Å². The molecule has 4 rings (SSSR count). The molecule has 2 aromatic heterocycles. The third-order valence-corrected chi connectivity index (χ3v) is 4.23. The number of fused-ring (bicyclic) bond motifs is 1. The standard InChI is InChI=1S/C16H18N4/c1-19-10-15(13-7-18-8-13)14-6-12(2-3-16(14)19)9-20-5-4-17-11-20/h2-6,10-11,13,18H,7-9H2,1H3. The van der Waals surface area contributed by atoms with Gasteiger partial charge in [-0.25, -0.2) is 4.98 Å². The molecule has 4 heteroatoms. The molecule has 0 atom stereocenters. The first-order valence-electron chi connectivity index (χ1n) is 7.05. The van der Waals surface area contributed by atoms with Gasteiger partial charge in [-0.05, 0) is 23.3 Å². The Hall–Kier alpha value is -2.07. The quantitative estimate of drug-likeness (QED) is 0.788. The monoisotopic (exact) mass is 266 g/mol. The van der Waals surface area contributed by atoms with E-state index in [1.807, 2.05) is 18.7 Å². The first-order valence-corrected chi connectivity index (χ1v) is 7.05. The lowest BCUT2D eigenvalue weighted by Crippen LogP contribution is -2.39. The first kappa shape index (κ1) is 11.7. The molecule has 0 aliphatic carbocycles. The minimum absolute atomic E-state index is 0.669. The summed E-state index contributed by atoms with van der Waals surface area (Å²) in [5, 5.41) is 4.76. The largest absolute Gasteiger partial charge is 0.350 e. The van der Waals surface area contributed by atoms with Crippen LogP contribution in [0, 0.1) is 0 Å². The second-order valence-electron chi connectivity index (χ2n) is 5.64. The highest BCUT2D eigenvalue weighted by atomic mass is 15.0. The molecule has 1 N–H and O–H groups in total. The molecule has 0 spiro atoms. The maximum absolute atomic E-state index is 4.10. The van der Waals surface area contributed by atoms with Gasteiger partial charge in [-0.3, -0.25) is 0 Å². The van der Waals surface area contributed by atoms with Gasteiger partial charge in [-0.1, -0.05) is 6.07 Å². The Morgan fingerprint density at radius 1 is 1.35 bits per heavy atom. The Balaban J connectivity index is 1.76. The molecular weight excluding hydrogens is 248 g/mol. The molecular formula is C16H18N4. The zero-order valence-corrected chi connectivity index (χ0v) is 11.6. The van der Waals surface area contributed by atoms with E-state index < -0.39 is 0 Å². The van der Waals surface area contributed by atoms with Crippen LogP contribution in [0.25, 0.3) is 10.9 Å². The van der Waals surface area contributed by atoms with E-state index in [-0.39, 0.29) is 0 Å². The van der Waals surface area contributed by atoms with E-state index in [4.69, 9.17) is 0 Å². The molecule has 1 fully saturated rings. The van der Waals surface area contributed by atoms with Crippen LogP contribution in [0.15, 0.2) is 43.1 Å². The molecule has 1 aliphatic heterocycles. The van der Waals surface area contributed by atoms with Crippen molar-refractivity contribution in [1.82, 2.24) is 19.4 Å². The predicted molar refractivity (Wildman–Crippen MR) is 79.9 cm³/mol. The first-order chi connectivity index (χ1) is 9.81. The van der Waals surface area contributed by atoms with E-state index >= 15 is 0 Å². The minimum Gasteiger partial charge on any atom is -0.350 e. The van der Waals surface area contributed by atoms with Gasteiger partial charge >= 0.3 is 0 Å². The summed E-state index contributed by atoms with van der Waals surface area (Å²) in [6.45, 7) is 3.09. The molecule has 3 heterocycles. The van der Waals surface area contributed by atoms with Gasteiger partial charge in [0.1, 0.15) is 0 Å². The predicted octanol–water partition coefficient (Wildman–Crippen LogP) is 2.11. The van der Waals surface area contributed by atoms with Crippen molar-refractivity contribution in [1.29, 1.82) is 0 Å². The number of hydrogen-bond acceptors (Lipinski definition) is 2. The summed E-state index contributed by atoms with van der Waals surface area (Å²) in [5.41, 5.74) is 4.13. The van der Waals surface area contributed by atoms with Crippen LogP contribution in [0.1, 0.15) is 17.0 Å². The van der Waals surface area contributed by atoms with Crippen LogP contribution < -0.4 is 5.32 Å². The number of rotatable bonds is 3. The van der Waals surface area contributed by atoms with Gasteiger partial charge < -0.3 is 14.5 Å². The maximum Gasteiger partial charge on any atom is 0.0949 e. The average molecular weight is 266 g/mol. The molecule has 20 heavy (non-hydrogen) atoms. The molecule has 0 radical (unpaired) electrons. The summed E-state index contributed by atoms with van der Waals surface area (Å²) in [4.78, 5) is 4.10. The van der Waals surface area contributed by atoms with Crippen molar-refractivity contribution in [2.75, 3.05) is 13.1 Å². The van der Waals surface area contributed by atoms with Gasteiger partial charge in [0, 0.05) is 62.1 Å². The third kappa shape index (κ3) is 1.84. The highest BCUT2D eigenvalue weighted by molar-refractivity contribution is 5.85. The second kappa shape index (κ2) is 4.49. The maximum atomic E-state index is 4.10. The van der Waals surface area contributed by atoms with Crippen molar-refractivity contribution >= 4 is 10.9 Å². The molecule has 4 nitrogen and oxygen atoms in total. The summed E-state index contributed by atoms with van der Waals surface area (Å²) in [6, 6.07) is 6.78. The van der Waals surface area contributed by atoms with Crippen LogP contribution in [0.2, 0.25) is 0 Å². The van der Waals surface area contributed by atoms with Gasteiger partial charge in [0.25, 0.3) is 0 Å². The summed E-state index contributed by atoms with van der Waals surface area (Å²) < 4.78 is 4.35. The van der Waals surface area contributed by atoms with E-state index in [0.29, 0.717) is 5.92 Å². The van der Waals surface area contributed by atoms with Crippen LogP contribution in [0.3, 0.4) is 0 Å². The number of nitrogens with zero attached hydrogens (tertiary/aromatic N) is 3. The zero-order valence-electron chi connectivity index (χ0n) is 11.6. The van der Waals surface area contributed by atoms with E-state index in [1.54, 1.807) is 0 Å². The summed E-state index contributed by atoms with van der Waals surface area (Å²) >= 11 is 0. The van der Waals surface area contributed by atoms with Gasteiger partial charge in [0.05, 0.1) is 6.33 Å². The molecule has 0 amide bonds. The molecule has 102 valence electrons. The number of benzene rings is 1. The fraction of sp³-hybridized carbons (Fsp3) is 0.312. The molecule has 1 saturated heterocycles. The molecule has 0 bridgehead atoms. The SMILES string of the molecule is Cn1cc(C2CNC2)c2cc(Cn3ccnc3)ccc21. The second-order valence-corrected chi connectivity index (χ2v) is 5.64.